The Morgan fingerprint density at radius 3 is 2.29 bits per heavy atom. The zero-order chi connectivity index (χ0) is 24.2. The predicted molar refractivity (Wildman–Crippen MR) is 128 cm³/mol. The Morgan fingerprint density at radius 2 is 1.71 bits per heavy atom. The number of alkyl carbamates (subject to hydrolysis) is 1. The summed E-state index contributed by atoms with van der Waals surface area (Å²) in [4.78, 5) is 40.6. The Hall–Kier alpha value is -3.39. The minimum atomic E-state index is -0.932. The molecule has 2 amide bonds. The van der Waals surface area contributed by atoms with Crippen LogP contribution < -0.4 is 5.32 Å². The number of fused-ring (bicyclic) bond motifs is 3. The summed E-state index contributed by atoms with van der Waals surface area (Å²) >= 11 is 0. The van der Waals surface area contributed by atoms with Crippen molar-refractivity contribution in [3.05, 3.63) is 59.7 Å². The number of likely N-dealkylation sites (N-methyl/N-ethyl adjacent to an activating group) is 1. The minimum absolute atomic E-state index is 0.0697. The predicted octanol–water partition coefficient (Wildman–Crippen LogP) is 2.92. The van der Waals surface area contributed by atoms with Crippen LogP contribution in [0.25, 0.3) is 11.1 Å². The average Bonchev–Trinajstić information content (AvgIpc) is 3.38. The Labute approximate surface area is 199 Å². The van der Waals surface area contributed by atoms with Crippen molar-refractivity contribution < 1.29 is 24.2 Å². The number of aliphatic carboxylic acids is 1. The fraction of sp³-hybridized carbons (Fsp3) is 0.423. The van der Waals surface area contributed by atoms with Gasteiger partial charge in [0.2, 0.25) is 5.91 Å². The van der Waals surface area contributed by atoms with Crippen molar-refractivity contribution in [2.24, 2.45) is 0 Å². The number of nitrogens with zero attached hydrogens (tertiary/aromatic N) is 2. The van der Waals surface area contributed by atoms with Crippen molar-refractivity contribution >= 4 is 18.0 Å². The highest BCUT2D eigenvalue weighted by Crippen LogP contribution is 2.44. The number of nitrogens with one attached hydrogen (secondary N) is 1. The molecule has 0 spiro atoms. The van der Waals surface area contributed by atoms with Gasteiger partial charge in [0, 0.05) is 25.0 Å². The zero-order valence-electron chi connectivity index (χ0n) is 19.6. The molecule has 180 valence electrons. The summed E-state index contributed by atoms with van der Waals surface area (Å²) in [5.74, 6) is -1.27. The van der Waals surface area contributed by atoms with E-state index in [1.54, 1.807) is 4.90 Å². The fourth-order valence-corrected chi connectivity index (χ4v) is 5.07. The lowest BCUT2D eigenvalue weighted by Crippen LogP contribution is -2.54. The molecule has 0 bridgehead atoms. The topological polar surface area (TPSA) is 99.2 Å². The van der Waals surface area contributed by atoms with Crippen molar-refractivity contribution in [3.63, 3.8) is 0 Å². The number of ether oxygens (including phenoxy) is 1. The molecule has 0 saturated carbocycles. The van der Waals surface area contributed by atoms with Gasteiger partial charge in [0.05, 0.1) is 6.42 Å². The third-order valence-electron chi connectivity index (χ3n) is 6.55. The first-order chi connectivity index (χ1) is 16.3. The first kappa shape index (κ1) is 23.8. The summed E-state index contributed by atoms with van der Waals surface area (Å²) in [5.41, 5.74) is 4.52. The second-order valence-electron chi connectivity index (χ2n) is 9.21. The van der Waals surface area contributed by atoms with E-state index in [1.807, 2.05) is 43.3 Å². The molecule has 8 heteroatoms. The van der Waals surface area contributed by atoms with E-state index in [0.29, 0.717) is 19.5 Å². The zero-order valence-corrected chi connectivity index (χ0v) is 19.6. The molecule has 2 N–H and O–H groups in total. The van der Waals surface area contributed by atoms with Gasteiger partial charge in [-0.1, -0.05) is 48.5 Å². The molecule has 0 aromatic heterocycles. The third kappa shape index (κ3) is 5.07. The average molecular weight is 466 g/mol. The van der Waals surface area contributed by atoms with E-state index in [0.717, 1.165) is 28.7 Å². The van der Waals surface area contributed by atoms with Gasteiger partial charge in [-0.15, -0.1) is 0 Å². The van der Waals surface area contributed by atoms with E-state index in [1.165, 1.54) is 0 Å². The Balaban J connectivity index is 1.43. The fourth-order valence-electron chi connectivity index (χ4n) is 5.07. The van der Waals surface area contributed by atoms with E-state index in [2.05, 4.69) is 29.6 Å². The van der Waals surface area contributed by atoms with Crippen molar-refractivity contribution in [2.75, 3.05) is 33.8 Å². The number of benzene rings is 2. The van der Waals surface area contributed by atoms with Gasteiger partial charge in [0.1, 0.15) is 12.6 Å². The third-order valence-corrected chi connectivity index (χ3v) is 6.55. The number of hydrogen-bond acceptors (Lipinski definition) is 5. The number of carbonyl (C=O) groups excluding carboxylic acids is 2. The standard InChI is InChI=1S/C26H31N3O5/c1-28(2)15-23(25(32)29-13-7-8-17(29)14-24(30)31)27-26(33)34-16-22-20-11-5-3-9-18(20)19-10-4-6-12-21(19)22/h3-6,9-12,17,22-23H,7-8,13-16H2,1-2H3,(H,27,33)(H,30,31)/t17-,23-/m0/s1. The van der Waals surface area contributed by atoms with Gasteiger partial charge >= 0.3 is 12.1 Å². The van der Waals surface area contributed by atoms with Crippen LogP contribution in [0, 0.1) is 0 Å². The molecular formula is C26H31N3O5. The smallest absolute Gasteiger partial charge is 0.407 e. The molecule has 4 rings (SSSR count). The lowest BCUT2D eigenvalue weighted by Gasteiger charge is -2.30. The van der Waals surface area contributed by atoms with E-state index >= 15 is 0 Å². The highest BCUT2D eigenvalue weighted by atomic mass is 16.5. The molecular weight excluding hydrogens is 434 g/mol. The summed E-state index contributed by atoms with van der Waals surface area (Å²) in [5, 5.41) is 11.9. The van der Waals surface area contributed by atoms with Crippen LogP contribution in [0.1, 0.15) is 36.3 Å². The maximum absolute atomic E-state index is 13.2. The molecule has 2 aliphatic rings. The number of likely N-dealkylation sites (tertiary alicyclic amines) is 1. The van der Waals surface area contributed by atoms with E-state index in [9.17, 15) is 19.5 Å². The van der Waals surface area contributed by atoms with Gasteiger partial charge in [0.25, 0.3) is 0 Å². The van der Waals surface area contributed by atoms with Crippen LogP contribution in [-0.2, 0) is 14.3 Å². The highest BCUT2D eigenvalue weighted by molar-refractivity contribution is 5.87. The largest absolute Gasteiger partial charge is 0.481 e. The number of carboxylic acids is 1. The molecule has 0 radical (unpaired) electrons. The van der Waals surface area contributed by atoms with Gasteiger partial charge in [-0.2, -0.15) is 0 Å². The second-order valence-corrected chi connectivity index (χ2v) is 9.21. The molecule has 2 atom stereocenters. The SMILES string of the molecule is CN(C)C[C@H](NC(=O)OCC1c2ccccc2-c2ccccc21)C(=O)N1CCC[C@H]1CC(=O)O. The van der Waals surface area contributed by atoms with Crippen LogP contribution in [0.4, 0.5) is 4.79 Å². The van der Waals surface area contributed by atoms with Crippen molar-refractivity contribution in [2.45, 2.75) is 37.3 Å². The number of hydrogen-bond donors (Lipinski definition) is 2. The summed E-state index contributed by atoms with van der Waals surface area (Å²) in [6.07, 6.45) is 0.655. The Morgan fingerprint density at radius 1 is 1.09 bits per heavy atom. The van der Waals surface area contributed by atoms with Gasteiger partial charge in [-0.3, -0.25) is 9.59 Å². The number of carbonyl (C=O) groups is 3. The monoisotopic (exact) mass is 465 g/mol. The molecule has 0 unspecified atom stereocenters. The molecule has 1 aliphatic heterocycles. The van der Waals surface area contributed by atoms with Gasteiger partial charge < -0.3 is 25.0 Å². The van der Waals surface area contributed by atoms with Gasteiger partial charge in [-0.25, -0.2) is 4.79 Å². The molecule has 1 fully saturated rings. The van der Waals surface area contributed by atoms with E-state index in [-0.39, 0.29) is 30.9 Å². The van der Waals surface area contributed by atoms with Crippen LogP contribution >= 0.6 is 0 Å². The van der Waals surface area contributed by atoms with E-state index < -0.39 is 18.1 Å². The molecule has 2 aromatic carbocycles. The first-order valence-electron chi connectivity index (χ1n) is 11.6. The summed E-state index contributed by atoms with van der Waals surface area (Å²) < 4.78 is 5.62. The molecule has 1 aliphatic carbocycles. The summed E-state index contributed by atoms with van der Waals surface area (Å²) in [7, 11) is 3.64. The normalized spacial score (nSPS) is 17.9. The van der Waals surface area contributed by atoms with Crippen LogP contribution in [0.2, 0.25) is 0 Å². The van der Waals surface area contributed by atoms with E-state index in [4.69, 9.17) is 4.74 Å². The maximum Gasteiger partial charge on any atom is 0.407 e. The highest BCUT2D eigenvalue weighted by Gasteiger charge is 2.36. The molecule has 34 heavy (non-hydrogen) atoms. The van der Waals surface area contributed by atoms with Gasteiger partial charge in [0.15, 0.2) is 0 Å². The van der Waals surface area contributed by atoms with Crippen LogP contribution in [-0.4, -0.2) is 78.8 Å². The summed E-state index contributed by atoms with van der Waals surface area (Å²) in [6, 6.07) is 15.0. The Kier molecular flexibility index (Phi) is 7.17. The van der Waals surface area contributed by atoms with Crippen LogP contribution in [0.5, 0.6) is 0 Å². The molecule has 1 heterocycles. The molecule has 8 nitrogen and oxygen atoms in total. The first-order valence-corrected chi connectivity index (χ1v) is 11.6. The number of rotatable bonds is 8. The lowest BCUT2D eigenvalue weighted by molar-refractivity contribution is -0.140. The van der Waals surface area contributed by atoms with Crippen molar-refractivity contribution in [1.82, 2.24) is 15.1 Å². The quantitative estimate of drug-likeness (QED) is 0.622. The second kappa shape index (κ2) is 10.3. The molecule has 2 aromatic rings. The Bertz CT molecular complexity index is 1020. The number of carboxylic acid groups (broad SMARTS) is 1. The molecule has 1 saturated heterocycles. The van der Waals surface area contributed by atoms with Gasteiger partial charge in [-0.05, 0) is 49.2 Å². The summed E-state index contributed by atoms with van der Waals surface area (Å²) in [6.45, 7) is 0.945. The number of amides is 2. The van der Waals surface area contributed by atoms with Crippen molar-refractivity contribution in [1.29, 1.82) is 0 Å². The lowest BCUT2D eigenvalue weighted by atomic mass is 9.98. The van der Waals surface area contributed by atoms with Crippen molar-refractivity contribution in [3.8, 4) is 11.1 Å². The maximum atomic E-state index is 13.2. The minimum Gasteiger partial charge on any atom is -0.481 e. The van der Waals surface area contributed by atoms with Crippen LogP contribution in [0.3, 0.4) is 0 Å². The van der Waals surface area contributed by atoms with Crippen LogP contribution in [0.15, 0.2) is 48.5 Å².